The first-order valence-corrected chi connectivity index (χ1v) is 7.67. The van der Waals surface area contributed by atoms with Crippen LogP contribution in [0.4, 0.5) is 17.1 Å². The summed E-state index contributed by atoms with van der Waals surface area (Å²) in [7, 11) is -1.21. The zero-order valence-corrected chi connectivity index (χ0v) is 12.2. The van der Waals surface area contributed by atoms with Crippen LogP contribution in [-0.2, 0) is 15.6 Å². The molecule has 1 rings (SSSR count). The van der Waals surface area contributed by atoms with E-state index in [2.05, 4.69) is 5.32 Å². The average Bonchev–Trinajstić information content (AvgIpc) is 2.42. The van der Waals surface area contributed by atoms with Gasteiger partial charge in [0.05, 0.1) is 15.9 Å². The number of hydrogen-bond donors (Lipinski definition) is 2. The normalized spacial score (nSPS) is 13.1. The summed E-state index contributed by atoms with van der Waals surface area (Å²) in [5.74, 6) is -1.16. The maximum atomic E-state index is 11.1. The summed E-state index contributed by atoms with van der Waals surface area (Å²) < 4.78 is 11.0. The van der Waals surface area contributed by atoms with Crippen LogP contribution in [-0.4, -0.2) is 43.2 Å². The van der Waals surface area contributed by atoms with Crippen LogP contribution in [0.25, 0.3) is 0 Å². The van der Waals surface area contributed by atoms with E-state index < -0.39 is 44.0 Å². The molecule has 0 bridgehead atoms. The Hall–Kier alpha value is -2.56. The molecule has 0 saturated heterocycles. The minimum Gasteiger partial charge on any atom is -0.480 e. The number of carbonyl (C=O) groups is 1. The predicted molar refractivity (Wildman–Crippen MR) is 78.3 cm³/mol. The minimum atomic E-state index is -1.27. The molecule has 1 unspecified atom stereocenters. The van der Waals surface area contributed by atoms with E-state index in [1.807, 2.05) is 0 Å². The first-order chi connectivity index (χ1) is 10.2. The van der Waals surface area contributed by atoms with Crippen molar-refractivity contribution < 1.29 is 24.0 Å². The van der Waals surface area contributed by atoms with Crippen LogP contribution in [0.15, 0.2) is 18.2 Å². The zero-order valence-electron chi connectivity index (χ0n) is 11.4. The van der Waals surface area contributed by atoms with Crippen molar-refractivity contribution in [3.05, 3.63) is 38.4 Å². The number of aliphatic carboxylic acids is 1. The molecule has 120 valence electrons. The summed E-state index contributed by atoms with van der Waals surface area (Å²) in [5, 5.41) is 33.1. The third kappa shape index (κ3) is 4.77. The van der Waals surface area contributed by atoms with Gasteiger partial charge in [-0.15, -0.1) is 0 Å². The Morgan fingerprint density at radius 3 is 2.45 bits per heavy atom. The number of non-ortho nitro benzene ring substituents is 1. The topological polar surface area (TPSA) is 153 Å². The monoisotopic (exact) mass is 331 g/mol. The van der Waals surface area contributed by atoms with Gasteiger partial charge in [0.2, 0.25) is 0 Å². The zero-order chi connectivity index (χ0) is 16.9. The Morgan fingerprint density at radius 2 is 2.00 bits per heavy atom. The first-order valence-electron chi connectivity index (χ1n) is 5.94. The van der Waals surface area contributed by atoms with Crippen molar-refractivity contribution in [3.63, 3.8) is 0 Å². The molecule has 10 nitrogen and oxygen atoms in total. The van der Waals surface area contributed by atoms with Crippen molar-refractivity contribution in [2.75, 3.05) is 17.3 Å². The summed E-state index contributed by atoms with van der Waals surface area (Å²) >= 11 is 0. The quantitative estimate of drug-likeness (QED) is 0.531. The van der Waals surface area contributed by atoms with Gasteiger partial charge >= 0.3 is 5.97 Å². The lowest BCUT2D eigenvalue weighted by Crippen LogP contribution is -2.31. The molecule has 0 aromatic heterocycles. The number of nitro groups is 2. The molecular weight excluding hydrogens is 318 g/mol. The summed E-state index contributed by atoms with van der Waals surface area (Å²) in [6, 6.07) is 1.67. The van der Waals surface area contributed by atoms with E-state index in [-0.39, 0.29) is 17.9 Å². The number of anilines is 1. The van der Waals surface area contributed by atoms with Crippen LogP contribution in [0.1, 0.15) is 6.42 Å². The Balaban J connectivity index is 3.08. The number of rotatable bonds is 8. The lowest BCUT2D eigenvalue weighted by molar-refractivity contribution is -0.393. The Morgan fingerprint density at radius 1 is 1.36 bits per heavy atom. The smallest absolute Gasteiger partial charge is 0.326 e. The van der Waals surface area contributed by atoms with Gasteiger partial charge in [-0.2, -0.15) is 0 Å². The van der Waals surface area contributed by atoms with E-state index in [9.17, 15) is 29.2 Å². The summed E-state index contributed by atoms with van der Waals surface area (Å²) in [6.07, 6.45) is 1.40. The standard InChI is InChI=1S/C11H13N3O7S/c1-22(21)5-4-9(11(15)16)12-8-3-2-7(13(17)18)6-10(8)14(19)20/h2-3,6,9,12H,4-5H2,1H3,(H,15,16)/t9-,22?/m1/s1. The van der Waals surface area contributed by atoms with Crippen LogP contribution < -0.4 is 5.32 Å². The number of nitrogens with one attached hydrogen (secondary N) is 1. The van der Waals surface area contributed by atoms with Crippen molar-refractivity contribution in [2.45, 2.75) is 12.5 Å². The predicted octanol–water partition coefficient (Wildman–Crippen LogP) is 1.14. The highest BCUT2D eigenvalue weighted by Gasteiger charge is 2.24. The Bertz CT molecular complexity index is 634. The van der Waals surface area contributed by atoms with Crippen LogP contribution in [0.2, 0.25) is 0 Å². The lowest BCUT2D eigenvalue weighted by Gasteiger charge is -2.15. The van der Waals surface area contributed by atoms with Crippen LogP contribution in [0.5, 0.6) is 0 Å². The molecule has 0 aliphatic rings. The van der Waals surface area contributed by atoms with E-state index in [0.29, 0.717) is 0 Å². The SMILES string of the molecule is CS(=O)CC[C@@H](Nc1ccc([N+](=O)[O-])cc1[N+](=O)[O-])C(=O)O. The van der Waals surface area contributed by atoms with Crippen molar-refractivity contribution in [1.29, 1.82) is 0 Å². The first kappa shape index (κ1) is 17.5. The molecule has 2 atom stereocenters. The van der Waals surface area contributed by atoms with Gasteiger partial charge in [-0.25, -0.2) is 4.79 Å². The highest BCUT2D eigenvalue weighted by atomic mass is 32.2. The number of hydrogen-bond acceptors (Lipinski definition) is 7. The highest BCUT2D eigenvalue weighted by Crippen LogP contribution is 2.29. The fraction of sp³-hybridized carbons (Fsp3) is 0.364. The third-order valence-corrected chi connectivity index (χ3v) is 3.52. The second kappa shape index (κ2) is 7.45. The number of carboxylic acids is 1. The maximum absolute atomic E-state index is 11.1. The van der Waals surface area contributed by atoms with Crippen molar-refractivity contribution in [3.8, 4) is 0 Å². The third-order valence-electron chi connectivity index (χ3n) is 2.71. The van der Waals surface area contributed by atoms with Gasteiger partial charge in [-0.3, -0.25) is 24.4 Å². The van der Waals surface area contributed by atoms with Gasteiger partial charge in [-0.05, 0) is 12.5 Å². The highest BCUT2D eigenvalue weighted by molar-refractivity contribution is 7.84. The van der Waals surface area contributed by atoms with Gasteiger partial charge < -0.3 is 10.4 Å². The summed E-state index contributed by atoms with van der Waals surface area (Å²) in [5.41, 5.74) is -1.22. The maximum Gasteiger partial charge on any atom is 0.326 e. The van der Waals surface area contributed by atoms with E-state index in [1.54, 1.807) is 0 Å². The number of carboxylic acid groups (broad SMARTS) is 1. The molecule has 0 heterocycles. The molecule has 11 heteroatoms. The van der Waals surface area contributed by atoms with Crippen molar-refractivity contribution in [1.82, 2.24) is 0 Å². The second-order valence-electron chi connectivity index (χ2n) is 4.32. The van der Waals surface area contributed by atoms with Crippen LogP contribution >= 0.6 is 0 Å². The molecule has 0 radical (unpaired) electrons. The summed E-state index contributed by atoms with van der Waals surface area (Å²) in [6.45, 7) is 0. The largest absolute Gasteiger partial charge is 0.480 e. The molecule has 1 aromatic rings. The van der Waals surface area contributed by atoms with Gasteiger partial charge in [0, 0.05) is 28.9 Å². The molecule has 0 fully saturated rings. The second-order valence-corrected chi connectivity index (χ2v) is 5.87. The molecule has 0 spiro atoms. The van der Waals surface area contributed by atoms with Gasteiger partial charge in [0.1, 0.15) is 11.7 Å². The molecule has 2 N–H and O–H groups in total. The van der Waals surface area contributed by atoms with E-state index >= 15 is 0 Å². The number of nitrogens with zero attached hydrogens (tertiary/aromatic N) is 2. The summed E-state index contributed by atoms with van der Waals surface area (Å²) in [4.78, 5) is 31.1. The van der Waals surface area contributed by atoms with Gasteiger partial charge in [-0.1, -0.05) is 0 Å². The van der Waals surface area contributed by atoms with Crippen molar-refractivity contribution in [2.24, 2.45) is 0 Å². The Labute approximate surface area is 126 Å². The average molecular weight is 331 g/mol. The molecule has 0 aliphatic heterocycles. The number of nitro benzene ring substituents is 2. The van der Waals surface area contributed by atoms with E-state index in [1.165, 1.54) is 6.26 Å². The molecular formula is C11H13N3O7S. The van der Waals surface area contributed by atoms with Gasteiger partial charge in [0.25, 0.3) is 11.4 Å². The fourth-order valence-corrected chi connectivity index (χ4v) is 2.20. The fourth-order valence-electron chi connectivity index (χ4n) is 1.64. The van der Waals surface area contributed by atoms with Crippen molar-refractivity contribution >= 4 is 33.8 Å². The molecule has 0 amide bonds. The molecule has 22 heavy (non-hydrogen) atoms. The molecule has 1 aromatic carbocycles. The molecule has 0 aliphatic carbocycles. The number of benzene rings is 1. The molecule has 0 saturated carbocycles. The van der Waals surface area contributed by atoms with E-state index in [4.69, 9.17) is 5.11 Å². The van der Waals surface area contributed by atoms with E-state index in [0.717, 1.165) is 18.2 Å². The Kier molecular flexibility index (Phi) is 5.92. The minimum absolute atomic E-state index is 0.00735. The lowest BCUT2D eigenvalue weighted by atomic mass is 10.2. The van der Waals surface area contributed by atoms with Crippen LogP contribution in [0, 0.1) is 20.2 Å². The van der Waals surface area contributed by atoms with Gasteiger partial charge in [0.15, 0.2) is 0 Å². The van der Waals surface area contributed by atoms with Crippen LogP contribution in [0.3, 0.4) is 0 Å².